The zero-order valence-corrected chi connectivity index (χ0v) is 8.93. The summed E-state index contributed by atoms with van der Waals surface area (Å²) in [7, 11) is 0. The Hall–Kier alpha value is -0.320. The molecule has 78 valence electrons. The lowest BCUT2D eigenvalue weighted by Gasteiger charge is -2.32. The van der Waals surface area contributed by atoms with Gasteiger partial charge in [-0.2, -0.15) is 0 Å². The lowest BCUT2D eigenvalue weighted by molar-refractivity contribution is -0.133. The third-order valence-electron chi connectivity index (χ3n) is 2.07. The van der Waals surface area contributed by atoms with Gasteiger partial charge in [0.25, 0.3) is 0 Å². The Kier molecular flexibility index (Phi) is 5.29. The molecule has 1 unspecified atom stereocenters. The fourth-order valence-corrected chi connectivity index (χ4v) is 1.42. The van der Waals surface area contributed by atoms with Gasteiger partial charge in [-0.25, -0.2) is 0 Å². The van der Waals surface area contributed by atoms with Gasteiger partial charge in [0.1, 0.15) is 0 Å². The molecule has 0 aromatic carbocycles. The van der Waals surface area contributed by atoms with E-state index in [0.29, 0.717) is 6.04 Å². The van der Waals surface area contributed by atoms with Crippen molar-refractivity contribution >= 4 is 18.3 Å². The first-order valence-corrected chi connectivity index (χ1v) is 4.39. The first kappa shape index (κ1) is 12.7. The van der Waals surface area contributed by atoms with Crippen LogP contribution in [0, 0.1) is 0 Å². The first-order chi connectivity index (χ1) is 5.61. The molecule has 0 saturated carbocycles. The van der Waals surface area contributed by atoms with Gasteiger partial charge < -0.3 is 16.0 Å². The Balaban J connectivity index is 0.00000144. The van der Waals surface area contributed by atoms with E-state index in [4.69, 9.17) is 5.73 Å². The van der Waals surface area contributed by atoms with Crippen LogP contribution in [-0.4, -0.2) is 42.5 Å². The van der Waals surface area contributed by atoms with Crippen molar-refractivity contribution in [2.45, 2.75) is 25.9 Å². The van der Waals surface area contributed by atoms with Crippen LogP contribution >= 0.6 is 12.4 Å². The van der Waals surface area contributed by atoms with E-state index < -0.39 is 0 Å². The van der Waals surface area contributed by atoms with Gasteiger partial charge in [-0.3, -0.25) is 4.79 Å². The summed E-state index contributed by atoms with van der Waals surface area (Å²) in [4.78, 5) is 13.2. The lowest BCUT2D eigenvalue weighted by Crippen LogP contribution is -2.54. The highest BCUT2D eigenvalue weighted by molar-refractivity contribution is 5.85. The zero-order valence-electron chi connectivity index (χ0n) is 8.12. The molecule has 0 aromatic heterocycles. The van der Waals surface area contributed by atoms with Crippen LogP contribution in [0.1, 0.15) is 13.8 Å². The molecule has 1 fully saturated rings. The molecule has 1 rings (SSSR count). The quantitative estimate of drug-likeness (QED) is 0.614. The van der Waals surface area contributed by atoms with E-state index in [1.54, 1.807) is 6.92 Å². The Bertz CT molecular complexity index is 175. The number of piperazine rings is 1. The highest BCUT2D eigenvalue weighted by atomic mass is 35.5. The minimum Gasteiger partial charge on any atom is -0.339 e. The maximum Gasteiger partial charge on any atom is 0.239 e. The van der Waals surface area contributed by atoms with Crippen LogP contribution in [0.4, 0.5) is 0 Å². The Morgan fingerprint density at radius 2 is 2.31 bits per heavy atom. The average Bonchev–Trinajstić information content (AvgIpc) is 2.03. The molecule has 0 aromatic rings. The van der Waals surface area contributed by atoms with Gasteiger partial charge in [0, 0.05) is 25.7 Å². The average molecular weight is 208 g/mol. The molecule has 1 heterocycles. The van der Waals surface area contributed by atoms with E-state index in [0.717, 1.165) is 19.6 Å². The molecule has 1 aliphatic heterocycles. The van der Waals surface area contributed by atoms with Crippen LogP contribution in [0.2, 0.25) is 0 Å². The molecule has 0 radical (unpaired) electrons. The van der Waals surface area contributed by atoms with E-state index in [1.165, 1.54) is 0 Å². The van der Waals surface area contributed by atoms with Crippen molar-refractivity contribution in [3.05, 3.63) is 0 Å². The predicted octanol–water partition coefficient (Wildman–Crippen LogP) is -0.424. The van der Waals surface area contributed by atoms with Gasteiger partial charge in [-0.15, -0.1) is 12.4 Å². The van der Waals surface area contributed by atoms with Gasteiger partial charge >= 0.3 is 0 Å². The maximum absolute atomic E-state index is 11.4. The largest absolute Gasteiger partial charge is 0.339 e. The van der Waals surface area contributed by atoms with Crippen molar-refractivity contribution in [2.24, 2.45) is 5.73 Å². The third-order valence-corrected chi connectivity index (χ3v) is 2.07. The summed E-state index contributed by atoms with van der Waals surface area (Å²) in [6.45, 7) is 6.24. The van der Waals surface area contributed by atoms with Crippen molar-refractivity contribution < 1.29 is 4.79 Å². The summed E-state index contributed by atoms with van der Waals surface area (Å²) in [5.41, 5.74) is 5.50. The topological polar surface area (TPSA) is 58.4 Å². The van der Waals surface area contributed by atoms with E-state index >= 15 is 0 Å². The molecular formula is C8H18ClN3O. The number of carbonyl (C=O) groups excluding carboxylic acids is 1. The molecule has 13 heavy (non-hydrogen) atoms. The number of rotatable bonds is 1. The number of nitrogens with two attached hydrogens (primary N) is 1. The highest BCUT2D eigenvalue weighted by Gasteiger charge is 2.22. The molecule has 1 amide bonds. The van der Waals surface area contributed by atoms with Crippen LogP contribution in [0.3, 0.4) is 0 Å². The smallest absolute Gasteiger partial charge is 0.239 e. The predicted molar refractivity (Wildman–Crippen MR) is 54.9 cm³/mol. The lowest BCUT2D eigenvalue weighted by atomic mass is 10.2. The summed E-state index contributed by atoms with van der Waals surface area (Å²) < 4.78 is 0. The standard InChI is InChI=1S/C8H17N3O.ClH/c1-6-5-11(4-3-10-6)8(12)7(2)9;/h6-7,10H,3-5,9H2,1-2H3;1H/t6?,7-;/m0./s1. The second kappa shape index (κ2) is 5.42. The molecule has 1 aliphatic rings. The Labute approximate surface area is 85.3 Å². The normalized spacial score (nSPS) is 24.8. The van der Waals surface area contributed by atoms with Crippen molar-refractivity contribution in [3.63, 3.8) is 0 Å². The SMILES string of the molecule is CC1CN(C(=O)[C@H](C)N)CCN1.Cl. The number of nitrogens with zero attached hydrogens (tertiary/aromatic N) is 1. The number of carbonyl (C=O) groups is 1. The molecule has 1 saturated heterocycles. The summed E-state index contributed by atoms with van der Waals surface area (Å²) in [6, 6.07) is 0.0248. The molecule has 0 spiro atoms. The van der Waals surface area contributed by atoms with Gasteiger partial charge in [-0.05, 0) is 13.8 Å². The summed E-state index contributed by atoms with van der Waals surface area (Å²) in [5.74, 6) is 0.0587. The van der Waals surface area contributed by atoms with Gasteiger partial charge in [0.2, 0.25) is 5.91 Å². The second-order valence-electron chi connectivity index (χ2n) is 3.43. The first-order valence-electron chi connectivity index (χ1n) is 4.39. The number of nitrogens with one attached hydrogen (secondary N) is 1. The van der Waals surface area contributed by atoms with Crippen LogP contribution in [0.25, 0.3) is 0 Å². The Morgan fingerprint density at radius 3 is 2.77 bits per heavy atom. The number of amides is 1. The minimum absolute atomic E-state index is 0. The fourth-order valence-electron chi connectivity index (χ4n) is 1.42. The maximum atomic E-state index is 11.4. The summed E-state index contributed by atoms with van der Waals surface area (Å²) in [5, 5.41) is 3.27. The molecule has 3 N–H and O–H groups in total. The van der Waals surface area contributed by atoms with Crippen LogP contribution in [0.5, 0.6) is 0 Å². The molecule has 5 heteroatoms. The van der Waals surface area contributed by atoms with E-state index in [2.05, 4.69) is 12.2 Å². The summed E-state index contributed by atoms with van der Waals surface area (Å²) >= 11 is 0. The fraction of sp³-hybridized carbons (Fsp3) is 0.875. The van der Waals surface area contributed by atoms with Crippen molar-refractivity contribution in [3.8, 4) is 0 Å². The second-order valence-corrected chi connectivity index (χ2v) is 3.43. The van der Waals surface area contributed by atoms with Crippen molar-refractivity contribution in [2.75, 3.05) is 19.6 Å². The molecule has 2 atom stereocenters. The number of hydrogen-bond donors (Lipinski definition) is 2. The van der Waals surface area contributed by atoms with Crippen LogP contribution < -0.4 is 11.1 Å². The van der Waals surface area contributed by atoms with Crippen molar-refractivity contribution in [1.82, 2.24) is 10.2 Å². The van der Waals surface area contributed by atoms with Gasteiger partial charge in [-0.1, -0.05) is 0 Å². The molecule has 4 nitrogen and oxygen atoms in total. The summed E-state index contributed by atoms with van der Waals surface area (Å²) in [6.07, 6.45) is 0. The monoisotopic (exact) mass is 207 g/mol. The van der Waals surface area contributed by atoms with Gasteiger partial charge in [0.05, 0.1) is 6.04 Å². The molecule has 0 aliphatic carbocycles. The third kappa shape index (κ3) is 3.50. The number of halogens is 1. The number of hydrogen-bond acceptors (Lipinski definition) is 3. The zero-order chi connectivity index (χ0) is 9.14. The Morgan fingerprint density at radius 1 is 1.69 bits per heavy atom. The van der Waals surface area contributed by atoms with E-state index in [-0.39, 0.29) is 24.4 Å². The molecular weight excluding hydrogens is 190 g/mol. The van der Waals surface area contributed by atoms with E-state index in [1.807, 2.05) is 4.90 Å². The van der Waals surface area contributed by atoms with Crippen molar-refractivity contribution in [1.29, 1.82) is 0 Å². The highest BCUT2D eigenvalue weighted by Crippen LogP contribution is 2.00. The van der Waals surface area contributed by atoms with E-state index in [9.17, 15) is 4.79 Å². The van der Waals surface area contributed by atoms with Gasteiger partial charge in [0.15, 0.2) is 0 Å². The van der Waals surface area contributed by atoms with Crippen LogP contribution in [-0.2, 0) is 4.79 Å². The minimum atomic E-state index is -0.365. The van der Waals surface area contributed by atoms with Crippen LogP contribution in [0.15, 0.2) is 0 Å². The molecule has 0 bridgehead atoms.